The van der Waals surface area contributed by atoms with Gasteiger partial charge in [0.15, 0.2) is 0 Å². The fourth-order valence-electron chi connectivity index (χ4n) is 2.31. The molecule has 3 rings (SSSR count). The molecule has 116 valence electrons. The number of rotatable bonds is 4. The van der Waals surface area contributed by atoms with Crippen molar-refractivity contribution in [1.29, 1.82) is 0 Å². The van der Waals surface area contributed by atoms with Crippen molar-refractivity contribution in [3.05, 3.63) is 81.6 Å². The van der Waals surface area contributed by atoms with Crippen LogP contribution in [0.4, 0.5) is 0 Å². The summed E-state index contributed by atoms with van der Waals surface area (Å²) in [7, 11) is 1.61. The third-order valence-corrected chi connectivity index (χ3v) is 3.69. The largest absolute Gasteiger partial charge is 0.497 e. The van der Waals surface area contributed by atoms with Gasteiger partial charge in [0, 0.05) is 16.7 Å². The standard InChI is InChI=1S/C18H15ClN2O2/c1-23-16-7-2-4-13(10-16)12-21-18(22)9-8-17(20-21)14-5-3-6-15(19)11-14/h2-11H,12H2,1H3. The second-order valence-corrected chi connectivity index (χ2v) is 5.51. The maximum Gasteiger partial charge on any atom is 0.267 e. The average Bonchev–Trinajstić information content (AvgIpc) is 2.57. The van der Waals surface area contributed by atoms with Gasteiger partial charge in [0.1, 0.15) is 5.75 Å². The molecular weight excluding hydrogens is 312 g/mol. The molecule has 3 aromatic rings. The summed E-state index contributed by atoms with van der Waals surface area (Å²) >= 11 is 6.02. The Morgan fingerprint density at radius 3 is 2.70 bits per heavy atom. The lowest BCUT2D eigenvalue weighted by atomic mass is 10.1. The van der Waals surface area contributed by atoms with E-state index >= 15 is 0 Å². The highest BCUT2D eigenvalue weighted by Gasteiger charge is 2.05. The molecule has 5 heteroatoms. The molecule has 0 N–H and O–H groups in total. The fraction of sp³-hybridized carbons (Fsp3) is 0.111. The van der Waals surface area contributed by atoms with Gasteiger partial charge < -0.3 is 4.74 Å². The monoisotopic (exact) mass is 326 g/mol. The maximum atomic E-state index is 12.1. The van der Waals surface area contributed by atoms with E-state index in [4.69, 9.17) is 16.3 Å². The van der Waals surface area contributed by atoms with Crippen LogP contribution < -0.4 is 10.3 Å². The van der Waals surface area contributed by atoms with Gasteiger partial charge in [0.2, 0.25) is 0 Å². The summed E-state index contributed by atoms with van der Waals surface area (Å²) in [4.78, 5) is 12.1. The highest BCUT2D eigenvalue weighted by molar-refractivity contribution is 6.30. The van der Waals surface area contributed by atoms with E-state index in [9.17, 15) is 4.79 Å². The quantitative estimate of drug-likeness (QED) is 0.735. The van der Waals surface area contributed by atoms with Crippen molar-refractivity contribution in [3.8, 4) is 17.0 Å². The van der Waals surface area contributed by atoms with E-state index in [2.05, 4.69) is 5.10 Å². The summed E-state index contributed by atoms with van der Waals surface area (Å²) in [6.45, 7) is 0.379. The number of benzene rings is 2. The summed E-state index contributed by atoms with van der Waals surface area (Å²) in [5, 5.41) is 5.07. The molecule has 0 aliphatic carbocycles. The Morgan fingerprint density at radius 2 is 1.91 bits per heavy atom. The van der Waals surface area contributed by atoms with Gasteiger partial charge in [-0.1, -0.05) is 35.9 Å². The van der Waals surface area contributed by atoms with Crippen molar-refractivity contribution in [3.63, 3.8) is 0 Å². The van der Waals surface area contributed by atoms with Gasteiger partial charge in [-0.3, -0.25) is 4.79 Å². The van der Waals surface area contributed by atoms with Gasteiger partial charge in [-0.2, -0.15) is 5.10 Å². The molecule has 0 bridgehead atoms. The summed E-state index contributed by atoms with van der Waals surface area (Å²) < 4.78 is 6.64. The lowest BCUT2D eigenvalue weighted by molar-refractivity contribution is 0.414. The van der Waals surface area contributed by atoms with E-state index in [1.165, 1.54) is 10.7 Å². The summed E-state index contributed by atoms with van der Waals surface area (Å²) in [5.41, 5.74) is 2.37. The molecule has 0 saturated heterocycles. The molecule has 1 heterocycles. The van der Waals surface area contributed by atoms with E-state index in [1.54, 1.807) is 19.2 Å². The van der Waals surface area contributed by atoms with Crippen LogP contribution in [0.5, 0.6) is 5.75 Å². The second kappa shape index (κ2) is 6.67. The lowest BCUT2D eigenvalue weighted by Crippen LogP contribution is -2.22. The minimum atomic E-state index is -0.154. The number of hydrogen-bond acceptors (Lipinski definition) is 3. The number of aromatic nitrogens is 2. The molecule has 0 spiro atoms. The first-order valence-corrected chi connectivity index (χ1v) is 7.50. The SMILES string of the molecule is COc1cccc(Cn2nc(-c3cccc(Cl)c3)ccc2=O)c1. The molecule has 0 unspecified atom stereocenters. The predicted octanol–water partition coefficient (Wildman–Crippen LogP) is 3.62. The first-order chi connectivity index (χ1) is 11.2. The van der Waals surface area contributed by atoms with Gasteiger partial charge in [0.05, 0.1) is 19.3 Å². The predicted molar refractivity (Wildman–Crippen MR) is 91.0 cm³/mol. The molecule has 0 saturated carbocycles. The number of halogens is 1. The Morgan fingerprint density at radius 1 is 1.09 bits per heavy atom. The Balaban J connectivity index is 1.96. The molecule has 0 amide bonds. The van der Waals surface area contributed by atoms with Crippen LogP contribution in [-0.4, -0.2) is 16.9 Å². The molecular formula is C18H15ClN2O2. The van der Waals surface area contributed by atoms with Crippen LogP contribution in [0.2, 0.25) is 5.02 Å². The van der Waals surface area contributed by atoms with Crippen molar-refractivity contribution in [1.82, 2.24) is 9.78 Å². The number of methoxy groups -OCH3 is 1. The first-order valence-electron chi connectivity index (χ1n) is 7.13. The van der Waals surface area contributed by atoms with Gasteiger partial charge >= 0.3 is 0 Å². The third kappa shape index (κ3) is 3.60. The highest BCUT2D eigenvalue weighted by atomic mass is 35.5. The van der Waals surface area contributed by atoms with Gasteiger partial charge in [-0.25, -0.2) is 4.68 Å². The van der Waals surface area contributed by atoms with Crippen LogP contribution >= 0.6 is 11.6 Å². The van der Waals surface area contributed by atoms with Crippen LogP contribution in [-0.2, 0) is 6.54 Å². The zero-order valence-electron chi connectivity index (χ0n) is 12.6. The van der Waals surface area contributed by atoms with E-state index in [1.807, 2.05) is 42.5 Å². The summed E-state index contributed by atoms with van der Waals surface area (Å²) in [6, 6.07) is 18.2. The first kappa shape index (κ1) is 15.3. The van der Waals surface area contributed by atoms with Crippen LogP contribution in [0, 0.1) is 0 Å². The summed E-state index contributed by atoms with van der Waals surface area (Å²) in [5.74, 6) is 0.751. The zero-order valence-corrected chi connectivity index (χ0v) is 13.3. The van der Waals surface area contributed by atoms with Crippen LogP contribution in [0.25, 0.3) is 11.3 Å². The fourth-order valence-corrected chi connectivity index (χ4v) is 2.50. The Labute approximate surface area is 138 Å². The molecule has 23 heavy (non-hydrogen) atoms. The smallest absolute Gasteiger partial charge is 0.267 e. The van der Waals surface area contributed by atoms with Crippen molar-refractivity contribution in [2.75, 3.05) is 7.11 Å². The average molecular weight is 327 g/mol. The normalized spacial score (nSPS) is 10.5. The number of nitrogens with zero attached hydrogens (tertiary/aromatic N) is 2. The van der Waals surface area contributed by atoms with Crippen molar-refractivity contribution in [2.24, 2.45) is 0 Å². The van der Waals surface area contributed by atoms with E-state index in [0.717, 1.165) is 16.9 Å². The topological polar surface area (TPSA) is 44.1 Å². The molecule has 2 aromatic carbocycles. The van der Waals surface area contributed by atoms with Crippen molar-refractivity contribution < 1.29 is 4.74 Å². The van der Waals surface area contributed by atoms with Crippen molar-refractivity contribution in [2.45, 2.75) is 6.54 Å². The van der Waals surface area contributed by atoms with Crippen molar-refractivity contribution >= 4 is 11.6 Å². The van der Waals surface area contributed by atoms with E-state index < -0.39 is 0 Å². The molecule has 1 aromatic heterocycles. The maximum absolute atomic E-state index is 12.1. The van der Waals surface area contributed by atoms with E-state index in [-0.39, 0.29) is 5.56 Å². The Hall–Kier alpha value is -2.59. The minimum Gasteiger partial charge on any atom is -0.497 e. The molecule has 4 nitrogen and oxygen atoms in total. The van der Waals surface area contributed by atoms with Gasteiger partial charge in [0.25, 0.3) is 5.56 Å². The van der Waals surface area contributed by atoms with Crippen LogP contribution in [0.1, 0.15) is 5.56 Å². The molecule has 0 fully saturated rings. The minimum absolute atomic E-state index is 0.154. The third-order valence-electron chi connectivity index (χ3n) is 3.45. The molecule has 0 aliphatic heterocycles. The highest BCUT2D eigenvalue weighted by Crippen LogP contribution is 2.20. The molecule has 0 atom stereocenters. The van der Waals surface area contributed by atoms with Gasteiger partial charge in [-0.15, -0.1) is 0 Å². The van der Waals surface area contributed by atoms with E-state index in [0.29, 0.717) is 17.3 Å². The van der Waals surface area contributed by atoms with Crippen LogP contribution in [0.15, 0.2) is 65.5 Å². The summed E-state index contributed by atoms with van der Waals surface area (Å²) in [6.07, 6.45) is 0. The van der Waals surface area contributed by atoms with Crippen LogP contribution in [0.3, 0.4) is 0 Å². The Bertz CT molecular complexity index is 890. The number of ether oxygens (including phenoxy) is 1. The lowest BCUT2D eigenvalue weighted by Gasteiger charge is -2.08. The molecule has 0 aliphatic rings. The Kier molecular flexibility index (Phi) is 4.44. The number of hydrogen-bond donors (Lipinski definition) is 0. The second-order valence-electron chi connectivity index (χ2n) is 5.08. The zero-order chi connectivity index (χ0) is 16.2. The molecule has 0 radical (unpaired) electrons. The van der Waals surface area contributed by atoms with Gasteiger partial charge in [-0.05, 0) is 35.9 Å².